The van der Waals surface area contributed by atoms with Crippen molar-refractivity contribution in [2.45, 2.75) is 38.0 Å². The lowest BCUT2D eigenvalue weighted by molar-refractivity contribution is 0.425. The monoisotopic (exact) mass is 251 g/mol. The zero-order valence-corrected chi connectivity index (χ0v) is 11.9. The average Bonchev–Trinajstić information content (AvgIpc) is 2.59. The van der Waals surface area contributed by atoms with E-state index in [4.69, 9.17) is 5.73 Å². The first-order chi connectivity index (χ1) is 8.93. The summed E-state index contributed by atoms with van der Waals surface area (Å²) in [6, 6.07) is 17.2. The molecule has 19 heavy (non-hydrogen) atoms. The van der Waals surface area contributed by atoms with Crippen LogP contribution in [-0.4, -0.2) is 0 Å². The number of anilines is 1. The first kappa shape index (κ1) is 12.3. The molecule has 0 aliphatic heterocycles. The summed E-state index contributed by atoms with van der Waals surface area (Å²) in [7, 11) is 0. The van der Waals surface area contributed by atoms with Gasteiger partial charge in [-0.25, -0.2) is 0 Å². The third kappa shape index (κ3) is 1.76. The Kier molecular flexibility index (Phi) is 2.50. The molecule has 1 nitrogen and oxygen atoms in total. The van der Waals surface area contributed by atoms with Crippen LogP contribution in [-0.2, 0) is 10.8 Å². The minimum Gasteiger partial charge on any atom is -0.399 e. The van der Waals surface area contributed by atoms with Gasteiger partial charge in [-0.1, -0.05) is 57.2 Å². The Balaban J connectivity index is 2.22. The standard InChI is InChI=1S/C18H21N/c1-17(2)12-18(3,13-7-6-8-14(19)11-13)16-10-5-4-9-15(16)17/h4-11H,12,19H2,1-3H3. The van der Waals surface area contributed by atoms with E-state index in [0.717, 1.165) is 12.1 Å². The maximum Gasteiger partial charge on any atom is 0.0317 e. The molecule has 0 heterocycles. The Labute approximate surface area is 115 Å². The molecule has 1 heteroatoms. The van der Waals surface area contributed by atoms with Crippen LogP contribution in [0, 0.1) is 0 Å². The molecule has 0 saturated carbocycles. The molecular formula is C18H21N. The maximum atomic E-state index is 5.97. The highest BCUT2D eigenvalue weighted by atomic mass is 14.6. The summed E-state index contributed by atoms with van der Waals surface area (Å²) in [4.78, 5) is 0. The van der Waals surface area contributed by atoms with Crippen LogP contribution in [0.2, 0.25) is 0 Å². The number of nitrogen functional groups attached to an aromatic ring is 1. The van der Waals surface area contributed by atoms with Gasteiger partial charge in [0.2, 0.25) is 0 Å². The Morgan fingerprint density at radius 2 is 1.58 bits per heavy atom. The number of hydrogen-bond acceptors (Lipinski definition) is 1. The van der Waals surface area contributed by atoms with E-state index in [-0.39, 0.29) is 10.8 Å². The van der Waals surface area contributed by atoms with Crippen molar-refractivity contribution in [1.82, 2.24) is 0 Å². The summed E-state index contributed by atoms with van der Waals surface area (Å²) < 4.78 is 0. The van der Waals surface area contributed by atoms with Crippen LogP contribution >= 0.6 is 0 Å². The molecule has 0 bridgehead atoms. The molecule has 0 saturated heterocycles. The fourth-order valence-electron chi connectivity index (χ4n) is 3.77. The largest absolute Gasteiger partial charge is 0.399 e. The van der Waals surface area contributed by atoms with E-state index >= 15 is 0 Å². The molecule has 1 unspecified atom stereocenters. The number of rotatable bonds is 1. The zero-order valence-electron chi connectivity index (χ0n) is 11.9. The highest BCUT2D eigenvalue weighted by Gasteiger charge is 2.45. The number of benzene rings is 2. The molecule has 0 aromatic heterocycles. The SMILES string of the molecule is CC1(C)CC(C)(c2cccc(N)c2)c2ccccc21. The van der Waals surface area contributed by atoms with Crippen LogP contribution in [0.4, 0.5) is 5.69 Å². The van der Waals surface area contributed by atoms with Crippen LogP contribution in [0.3, 0.4) is 0 Å². The van der Waals surface area contributed by atoms with Crippen LogP contribution in [0.1, 0.15) is 43.9 Å². The summed E-state index contributed by atoms with van der Waals surface area (Å²) in [5.74, 6) is 0. The van der Waals surface area contributed by atoms with Gasteiger partial charge in [-0.15, -0.1) is 0 Å². The first-order valence-electron chi connectivity index (χ1n) is 6.89. The van der Waals surface area contributed by atoms with Crippen LogP contribution in [0.25, 0.3) is 0 Å². The first-order valence-corrected chi connectivity index (χ1v) is 6.89. The quantitative estimate of drug-likeness (QED) is 0.753. The molecule has 0 amide bonds. The predicted molar refractivity (Wildman–Crippen MR) is 81.4 cm³/mol. The van der Waals surface area contributed by atoms with Crippen molar-refractivity contribution in [3.63, 3.8) is 0 Å². The third-order valence-corrected chi connectivity index (χ3v) is 4.57. The van der Waals surface area contributed by atoms with E-state index in [0.29, 0.717) is 0 Å². The van der Waals surface area contributed by atoms with Crippen molar-refractivity contribution in [2.24, 2.45) is 0 Å². The summed E-state index contributed by atoms with van der Waals surface area (Å²) >= 11 is 0. The molecule has 0 fully saturated rings. The minimum atomic E-state index is 0.0650. The van der Waals surface area contributed by atoms with Gasteiger partial charge in [-0.05, 0) is 40.7 Å². The van der Waals surface area contributed by atoms with E-state index in [1.54, 1.807) is 0 Å². The molecule has 1 aliphatic rings. The van der Waals surface area contributed by atoms with Gasteiger partial charge in [0.25, 0.3) is 0 Å². The Morgan fingerprint density at radius 1 is 0.895 bits per heavy atom. The van der Waals surface area contributed by atoms with Gasteiger partial charge in [0.05, 0.1) is 0 Å². The molecule has 0 spiro atoms. The number of fused-ring (bicyclic) bond motifs is 1. The average molecular weight is 251 g/mol. The van der Waals surface area contributed by atoms with Gasteiger partial charge in [-0.2, -0.15) is 0 Å². The lowest BCUT2D eigenvalue weighted by Gasteiger charge is -2.28. The molecule has 0 radical (unpaired) electrons. The molecule has 1 aliphatic carbocycles. The molecular weight excluding hydrogens is 230 g/mol. The lowest BCUT2D eigenvalue weighted by Crippen LogP contribution is -2.23. The zero-order chi connectivity index (χ0) is 13.7. The summed E-state index contributed by atoms with van der Waals surface area (Å²) in [6.07, 6.45) is 1.13. The second-order valence-electron chi connectivity index (χ2n) is 6.56. The van der Waals surface area contributed by atoms with Gasteiger partial charge >= 0.3 is 0 Å². The van der Waals surface area contributed by atoms with Crippen LogP contribution in [0.15, 0.2) is 48.5 Å². The topological polar surface area (TPSA) is 26.0 Å². The van der Waals surface area contributed by atoms with Crippen molar-refractivity contribution >= 4 is 5.69 Å². The van der Waals surface area contributed by atoms with Crippen molar-refractivity contribution < 1.29 is 0 Å². The fraction of sp³-hybridized carbons (Fsp3) is 0.333. The number of hydrogen-bond donors (Lipinski definition) is 1. The molecule has 2 aromatic rings. The van der Waals surface area contributed by atoms with E-state index in [1.807, 2.05) is 6.07 Å². The normalized spacial score (nSPS) is 24.2. The van der Waals surface area contributed by atoms with Crippen LogP contribution in [0.5, 0.6) is 0 Å². The van der Waals surface area contributed by atoms with E-state index in [1.165, 1.54) is 16.7 Å². The van der Waals surface area contributed by atoms with E-state index in [2.05, 4.69) is 63.2 Å². The van der Waals surface area contributed by atoms with E-state index in [9.17, 15) is 0 Å². The van der Waals surface area contributed by atoms with E-state index < -0.39 is 0 Å². The Morgan fingerprint density at radius 3 is 2.26 bits per heavy atom. The molecule has 2 aromatic carbocycles. The molecule has 1 atom stereocenters. The minimum absolute atomic E-state index is 0.0650. The second kappa shape index (κ2) is 3.86. The highest BCUT2D eigenvalue weighted by Crippen LogP contribution is 2.52. The summed E-state index contributed by atoms with van der Waals surface area (Å²) in [6.45, 7) is 7.02. The van der Waals surface area contributed by atoms with Gasteiger partial charge in [0.15, 0.2) is 0 Å². The Hall–Kier alpha value is -1.76. The molecule has 3 rings (SSSR count). The maximum absolute atomic E-state index is 5.97. The third-order valence-electron chi connectivity index (χ3n) is 4.57. The van der Waals surface area contributed by atoms with Gasteiger partial charge in [0, 0.05) is 11.1 Å². The molecule has 2 N–H and O–H groups in total. The lowest BCUT2D eigenvalue weighted by atomic mass is 9.75. The summed E-state index contributed by atoms with van der Waals surface area (Å²) in [5, 5.41) is 0. The summed E-state index contributed by atoms with van der Waals surface area (Å²) in [5.41, 5.74) is 11.4. The van der Waals surface area contributed by atoms with Gasteiger partial charge < -0.3 is 5.73 Å². The van der Waals surface area contributed by atoms with Crippen LogP contribution < -0.4 is 5.73 Å². The predicted octanol–water partition coefficient (Wildman–Crippen LogP) is 4.26. The van der Waals surface area contributed by atoms with Crippen molar-refractivity contribution in [1.29, 1.82) is 0 Å². The second-order valence-corrected chi connectivity index (χ2v) is 6.56. The fourth-order valence-corrected chi connectivity index (χ4v) is 3.77. The van der Waals surface area contributed by atoms with Crippen molar-refractivity contribution in [3.8, 4) is 0 Å². The highest BCUT2D eigenvalue weighted by molar-refractivity contribution is 5.54. The van der Waals surface area contributed by atoms with Crippen molar-refractivity contribution in [3.05, 3.63) is 65.2 Å². The van der Waals surface area contributed by atoms with Crippen molar-refractivity contribution in [2.75, 3.05) is 5.73 Å². The Bertz CT molecular complexity index is 627. The smallest absolute Gasteiger partial charge is 0.0317 e. The van der Waals surface area contributed by atoms with Gasteiger partial charge in [0.1, 0.15) is 0 Å². The molecule has 98 valence electrons. The number of nitrogens with two attached hydrogens (primary N) is 1. The van der Waals surface area contributed by atoms with Gasteiger partial charge in [-0.3, -0.25) is 0 Å².